The van der Waals surface area contributed by atoms with E-state index in [2.05, 4.69) is 83.9 Å². The van der Waals surface area contributed by atoms with Crippen LogP contribution in [0.3, 0.4) is 0 Å². The van der Waals surface area contributed by atoms with Gasteiger partial charge in [0.1, 0.15) is 11.6 Å². The molecule has 3 N–H and O–H groups in total. The zero-order valence-electron chi connectivity index (χ0n) is 24.0. The molecule has 10 heteroatoms. The zero-order chi connectivity index (χ0) is 28.2. The van der Waals surface area contributed by atoms with Crippen LogP contribution in [0.25, 0.3) is 0 Å². The molecule has 3 aliphatic rings. The highest BCUT2D eigenvalue weighted by Crippen LogP contribution is 2.48. The number of rotatable bonds is 11. The average molecular weight is 612 g/mol. The van der Waals surface area contributed by atoms with E-state index in [4.69, 9.17) is 9.72 Å². The predicted octanol–water partition coefficient (Wildman–Crippen LogP) is 5.13. The Balaban J connectivity index is 1.31. The minimum atomic E-state index is -0.0913. The molecule has 2 aliphatic heterocycles. The highest BCUT2D eigenvalue weighted by Gasteiger charge is 2.31. The molecular formula is C30H43BrN8O. The number of ether oxygens (including phenoxy) is 1. The molecule has 216 valence electrons. The van der Waals surface area contributed by atoms with Crippen molar-refractivity contribution in [3.63, 3.8) is 0 Å². The van der Waals surface area contributed by atoms with Crippen LogP contribution < -0.4 is 25.6 Å². The first kappa shape index (κ1) is 28.7. The number of likely N-dealkylation sites (N-methyl/N-ethyl adjacent to an activating group) is 1. The highest BCUT2D eigenvalue weighted by molar-refractivity contribution is 9.10. The minimum absolute atomic E-state index is 0.0913. The summed E-state index contributed by atoms with van der Waals surface area (Å²) >= 11 is 3.57. The lowest BCUT2D eigenvalue weighted by Gasteiger charge is -2.43. The molecule has 1 unspecified atom stereocenters. The van der Waals surface area contributed by atoms with Crippen LogP contribution in [-0.2, 0) is 0 Å². The van der Waals surface area contributed by atoms with Crippen molar-refractivity contribution < 1.29 is 4.74 Å². The minimum Gasteiger partial charge on any atom is -0.495 e. The maximum Gasteiger partial charge on any atom is 0.229 e. The number of allylic oxidation sites excluding steroid dienone is 1. The van der Waals surface area contributed by atoms with Crippen LogP contribution in [0.5, 0.6) is 5.75 Å². The summed E-state index contributed by atoms with van der Waals surface area (Å²) in [6, 6.07) is 5.16. The Morgan fingerprint density at radius 3 is 2.50 bits per heavy atom. The van der Waals surface area contributed by atoms with Gasteiger partial charge in [0, 0.05) is 69.0 Å². The van der Waals surface area contributed by atoms with Crippen molar-refractivity contribution in [1.82, 2.24) is 25.1 Å². The number of benzene rings is 1. The number of nitrogens with zero attached hydrogens (tertiary/aromatic N) is 5. The van der Waals surface area contributed by atoms with Gasteiger partial charge < -0.3 is 30.5 Å². The van der Waals surface area contributed by atoms with Gasteiger partial charge in [-0.2, -0.15) is 4.98 Å². The van der Waals surface area contributed by atoms with E-state index in [1.54, 1.807) is 19.4 Å². The molecule has 1 saturated carbocycles. The molecule has 3 heterocycles. The Morgan fingerprint density at radius 2 is 1.85 bits per heavy atom. The van der Waals surface area contributed by atoms with Crippen LogP contribution in [0.15, 0.2) is 47.7 Å². The highest BCUT2D eigenvalue weighted by atomic mass is 79.9. The maximum absolute atomic E-state index is 5.95. The molecule has 40 heavy (non-hydrogen) atoms. The molecule has 0 radical (unpaired) electrons. The quantitative estimate of drug-likeness (QED) is 0.237. The first-order valence-corrected chi connectivity index (χ1v) is 15.2. The van der Waals surface area contributed by atoms with Gasteiger partial charge in [0.25, 0.3) is 0 Å². The number of nitrogens with one attached hydrogen (secondary N) is 3. The molecular weight excluding hydrogens is 568 g/mol. The Kier molecular flexibility index (Phi) is 9.17. The first-order valence-electron chi connectivity index (χ1n) is 14.4. The lowest BCUT2D eigenvalue weighted by Crippen LogP contribution is -2.52. The second-order valence-corrected chi connectivity index (χ2v) is 12.1. The number of piperazine rings is 1. The van der Waals surface area contributed by atoms with Crippen LogP contribution in [0.1, 0.15) is 44.1 Å². The number of piperidine rings is 1. The molecule has 9 nitrogen and oxygen atoms in total. The Hall–Kier alpha value is -2.82. The fourth-order valence-corrected chi connectivity index (χ4v) is 6.03. The summed E-state index contributed by atoms with van der Waals surface area (Å²) in [5.74, 6) is 2.66. The lowest BCUT2D eigenvalue weighted by molar-refractivity contribution is 0.0981. The third-order valence-corrected chi connectivity index (χ3v) is 8.80. The molecule has 1 aromatic heterocycles. The third-order valence-electron chi connectivity index (χ3n) is 8.22. The summed E-state index contributed by atoms with van der Waals surface area (Å²) < 4.78 is 6.73. The molecule has 3 fully saturated rings. The van der Waals surface area contributed by atoms with Gasteiger partial charge in [0.15, 0.2) is 0 Å². The van der Waals surface area contributed by atoms with Gasteiger partial charge in [-0.1, -0.05) is 13.2 Å². The van der Waals surface area contributed by atoms with Crippen molar-refractivity contribution in [2.24, 2.45) is 0 Å². The Labute approximate surface area is 247 Å². The van der Waals surface area contributed by atoms with E-state index in [-0.39, 0.29) is 6.17 Å². The summed E-state index contributed by atoms with van der Waals surface area (Å²) in [6.07, 6.45) is 8.16. The number of anilines is 4. The van der Waals surface area contributed by atoms with E-state index in [1.807, 2.05) is 6.92 Å². The standard InChI is InChI=1S/C30H43BrN8O/c1-6-20(2)33-21(3)34-29-25(31)19-32-30(36-29)35-26-18-28(40-5)27(17-24(26)22-7-8-22)39-11-9-23(10-12-39)38-15-13-37(4)14-16-38/h6,17-19,21-23,33H,1-2,7-16H2,3-5H3,(H2,32,34,35,36). The summed E-state index contributed by atoms with van der Waals surface area (Å²) in [4.78, 5) is 16.9. The SMILES string of the molecule is C=CC(=C)NC(C)Nc1nc(Nc2cc(OC)c(N3CCC(N4CCN(C)CC4)CC3)cc2C2CC2)ncc1Br. The van der Waals surface area contributed by atoms with Crippen molar-refractivity contribution in [2.75, 3.05) is 69.0 Å². The molecule has 5 rings (SSSR count). The number of methoxy groups -OCH3 is 1. The van der Waals surface area contributed by atoms with Gasteiger partial charge in [-0.15, -0.1) is 0 Å². The van der Waals surface area contributed by atoms with Gasteiger partial charge in [-0.3, -0.25) is 4.90 Å². The zero-order valence-corrected chi connectivity index (χ0v) is 25.6. The molecule has 1 aromatic carbocycles. The van der Waals surface area contributed by atoms with Crippen LogP contribution in [0, 0.1) is 0 Å². The number of hydrogen-bond acceptors (Lipinski definition) is 9. The van der Waals surface area contributed by atoms with Gasteiger partial charge in [0.2, 0.25) is 5.95 Å². The van der Waals surface area contributed by atoms with Gasteiger partial charge in [0.05, 0.1) is 23.4 Å². The summed E-state index contributed by atoms with van der Waals surface area (Å²) in [6.45, 7) is 16.5. The van der Waals surface area contributed by atoms with Gasteiger partial charge in [-0.05, 0) is 79.2 Å². The van der Waals surface area contributed by atoms with Gasteiger partial charge >= 0.3 is 0 Å². The van der Waals surface area contributed by atoms with E-state index in [1.165, 1.54) is 63.1 Å². The fourth-order valence-electron chi connectivity index (χ4n) is 5.72. The van der Waals surface area contributed by atoms with E-state index in [9.17, 15) is 0 Å². The molecule has 1 atom stereocenters. The van der Waals surface area contributed by atoms with Gasteiger partial charge in [-0.25, -0.2) is 4.98 Å². The lowest BCUT2D eigenvalue weighted by atomic mass is 10.00. The number of halogens is 1. The van der Waals surface area contributed by atoms with Crippen molar-refractivity contribution in [2.45, 2.75) is 50.7 Å². The molecule has 0 amide bonds. The predicted molar refractivity (Wildman–Crippen MR) is 168 cm³/mol. The van der Waals surface area contributed by atoms with Crippen molar-refractivity contribution >= 4 is 39.1 Å². The normalized spacial score (nSPS) is 19.6. The molecule has 0 bridgehead atoms. The van der Waals surface area contributed by atoms with E-state index < -0.39 is 0 Å². The van der Waals surface area contributed by atoms with Crippen LogP contribution in [-0.4, -0.2) is 85.4 Å². The Morgan fingerprint density at radius 1 is 1.12 bits per heavy atom. The second kappa shape index (κ2) is 12.8. The summed E-state index contributed by atoms with van der Waals surface area (Å²) in [5.41, 5.74) is 4.27. The smallest absolute Gasteiger partial charge is 0.229 e. The van der Waals surface area contributed by atoms with Crippen molar-refractivity contribution in [3.8, 4) is 5.75 Å². The van der Waals surface area contributed by atoms with Crippen LogP contribution in [0.4, 0.5) is 23.1 Å². The van der Waals surface area contributed by atoms with Crippen molar-refractivity contribution in [3.05, 3.63) is 53.3 Å². The van der Waals surface area contributed by atoms with Crippen LogP contribution in [0.2, 0.25) is 0 Å². The van der Waals surface area contributed by atoms with Crippen molar-refractivity contribution in [1.29, 1.82) is 0 Å². The fraction of sp³-hybridized carbons (Fsp3) is 0.533. The molecule has 2 aromatic rings. The molecule has 2 saturated heterocycles. The maximum atomic E-state index is 5.95. The third kappa shape index (κ3) is 6.90. The molecule has 0 spiro atoms. The monoisotopic (exact) mass is 610 g/mol. The number of aromatic nitrogens is 2. The Bertz CT molecular complexity index is 1200. The number of hydrogen-bond donors (Lipinski definition) is 3. The van der Waals surface area contributed by atoms with E-state index in [0.717, 1.165) is 34.7 Å². The average Bonchev–Trinajstić information content (AvgIpc) is 3.80. The topological polar surface area (TPSA) is 80.8 Å². The first-order chi connectivity index (χ1) is 19.3. The summed E-state index contributed by atoms with van der Waals surface area (Å²) in [7, 11) is 3.99. The molecule has 1 aliphatic carbocycles. The largest absolute Gasteiger partial charge is 0.495 e. The summed E-state index contributed by atoms with van der Waals surface area (Å²) in [5, 5.41) is 10.1. The second-order valence-electron chi connectivity index (χ2n) is 11.2. The van der Waals surface area contributed by atoms with E-state index in [0.29, 0.717) is 23.7 Å². The van der Waals surface area contributed by atoms with E-state index >= 15 is 0 Å². The van der Waals surface area contributed by atoms with Crippen LogP contribution >= 0.6 is 15.9 Å².